The summed E-state index contributed by atoms with van der Waals surface area (Å²) in [5.41, 5.74) is 5.57. The molecule has 0 bridgehead atoms. The molecule has 0 saturated carbocycles. The number of nitrogens with two attached hydrogens (primary N) is 1. The second-order valence-corrected chi connectivity index (χ2v) is 4.70. The van der Waals surface area contributed by atoms with Crippen molar-refractivity contribution in [3.05, 3.63) is 22.4 Å². The van der Waals surface area contributed by atoms with Gasteiger partial charge in [-0.1, -0.05) is 0 Å². The van der Waals surface area contributed by atoms with E-state index in [2.05, 4.69) is 20.5 Å². The van der Waals surface area contributed by atoms with Gasteiger partial charge in [-0.2, -0.15) is 5.10 Å². The Morgan fingerprint density at radius 2 is 2.35 bits per heavy atom. The summed E-state index contributed by atoms with van der Waals surface area (Å²) in [6, 6.07) is 1.22. The van der Waals surface area contributed by atoms with Crippen molar-refractivity contribution >= 4 is 17.4 Å². The smallest absolute Gasteiger partial charge is 0.349 e. The molecule has 1 saturated heterocycles. The lowest BCUT2D eigenvalue weighted by molar-refractivity contribution is -0.119. The fraction of sp³-hybridized carbons (Fsp3) is 0.455. The maximum absolute atomic E-state index is 11.6. The van der Waals surface area contributed by atoms with Crippen LogP contribution in [0.3, 0.4) is 0 Å². The molecule has 9 nitrogen and oxygen atoms in total. The highest BCUT2D eigenvalue weighted by atomic mass is 16.2. The number of H-pyrrole nitrogens is 1. The number of nitrogens with one attached hydrogen (secondary N) is 2. The molecular weight excluding hydrogens is 262 g/mol. The topological polar surface area (TPSA) is 121 Å². The molecule has 0 aliphatic carbocycles. The Morgan fingerprint density at radius 1 is 1.55 bits per heavy atom. The van der Waals surface area contributed by atoms with Crippen molar-refractivity contribution in [3.8, 4) is 0 Å². The van der Waals surface area contributed by atoms with Crippen molar-refractivity contribution in [3.63, 3.8) is 0 Å². The molecule has 3 rings (SSSR count). The number of aryl methyl sites for hydroxylation is 1. The van der Waals surface area contributed by atoms with Gasteiger partial charge >= 0.3 is 5.69 Å². The predicted molar refractivity (Wildman–Crippen MR) is 71.5 cm³/mol. The molecule has 0 aromatic carbocycles. The van der Waals surface area contributed by atoms with Crippen LogP contribution in [0, 0.1) is 6.92 Å². The minimum atomic E-state index is -0.455. The van der Waals surface area contributed by atoms with Crippen molar-refractivity contribution < 1.29 is 4.79 Å². The lowest BCUT2D eigenvalue weighted by Gasteiger charge is -2.35. The van der Waals surface area contributed by atoms with Gasteiger partial charge in [0.15, 0.2) is 5.65 Å². The zero-order chi connectivity index (χ0) is 14.3. The number of hydrogen-bond donors (Lipinski definition) is 3. The molecule has 106 valence electrons. The molecule has 20 heavy (non-hydrogen) atoms. The van der Waals surface area contributed by atoms with Crippen LogP contribution < -0.4 is 21.6 Å². The molecular formula is C11H15N7O2. The molecule has 3 heterocycles. The molecule has 1 fully saturated rings. The van der Waals surface area contributed by atoms with Crippen LogP contribution in [0.2, 0.25) is 0 Å². The average Bonchev–Trinajstić information content (AvgIpc) is 2.80. The highest BCUT2D eigenvalue weighted by Gasteiger charge is 2.28. The maximum Gasteiger partial charge on any atom is 0.349 e. The summed E-state index contributed by atoms with van der Waals surface area (Å²) in [6.07, 6.45) is 0. The van der Waals surface area contributed by atoms with Crippen LogP contribution in [0.5, 0.6) is 0 Å². The lowest BCUT2D eigenvalue weighted by Crippen LogP contribution is -2.57. The fourth-order valence-corrected chi connectivity index (χ4v) is 2.46. The standard InChI is InChI=1S/C11H15N7O2/c1-6-14-8(4-9-15-16-11(20)18(6)9)17-3-2-13-5-7(17)10(12)19/h4,7,13H,2-3,5H2,1H3,(H2,12,19)(H,16,20). The largest absolute Gasteiger partial charge is 0.368 e. The van der Waals surface area contributed by atoms with Crippen LogP contribution in [-0.4, -0.2) is 51.2 Å². The number of rotatable bonds is 2. The molecule has 9 heteroatoms. The highest BCUT2D eigenvalue weighted by Crippen LogP contribution is 2.17. The molecule has 1 amide bonds. The van der Waals surface area contributed by atoms with Crippen molar-refractivity contribution in [1.29, 1.82) is 0 Å². The SMILES string of the molecule is Cc1nc(N2CCNCC2C(N)=O)cc2n[nH]c(=O)n12. The minimum absolute atomic E-state index is 0.330. The Morgan fingerprint density at radius 3 is 3.10 bits per heavy atom. The first kappa shape index (κ1) is 12.6. The van der Waals surface area contributed by atoms with E-state index in [1.54, 1.807) is 13.0 Å². The van der Waals surface area contributed by atoms with Gasteiger partial charge in [0.2, 0.25) is 5.91 Å². The van der Waals surface area contributed by atoms with Gasteiger partial charge in [0, 0.05) is 25.7 Å². The zero-order valence-corrected chi connectivity index (χ0v) is 11.0. The van der Waals surface area contributed by atoms with Crippen molar-refractivity contribution in [2.24, 2.45) is 5.73 Å². The van der Waals surface area contributed by atoms with Crippen LogP contribution in [0.15, 0.2) is 10.9 Å². The molecule has 1 unspecified atom stereocenters. The molecule has 0 spiro atoms. The van der Waals surface area contributed by atoms with E-state index in [0.29, 0.717) is 30.4 Å². The first-order valence-corrected chi connectivity index (χ1v) is 6.29. The second-order valence-electron chi connectivity index (χ2n) is 4.70. The zero-order valence-electron chi connectivity index (χ0n) is 11.0. The van der Waals surface area contributed by atoms with Gasteiger partial charge in [-0.25, -0.2) is 19.3 Å². The molecule has 1 aliphatic rings. The molecule has 1 atom stereocenters. The van der Waals surface area contributed by atoms with Crippen molar-refractivity contribution in [1.82, 2.24) is 24.9 Å². The highest BCUT2D eigenvalue weighted by molar-refractivity contribution is 5.84. The van der Waals surface area contributed by atoms with E-state index in [4.69, 9.17) is 5.73 Å². The van der Waals surface area contributed by atoms with Crippen molar-refractivity contribution in [2.45, 2.75) is 13.0 Å². The molecule has 2 aromatic rings. The summed E-state index contributed by atoms with van der Waals surface area (Å²) in [6.45, 7) is 3.55. The summed E-state index contributed by atoms with van der Waals surface area (Å²) in [5.74, 6) is 0.702. The summed E-state index contributed by atoms with van der Waals surface area (Å²) in [7, 11) is 0. The summed E-state index contributed by atoms with van der Waals surface area (Å²) in [4.78, 5) is 29.3. The van der Waals surface area contributed by atoms with Crippen LogP contribution in [0.4, 0.5) is 5.82 Å². The fourth-order valence-electron chi connectivity index (χ4n) is 2.46. The van der Waals surface area contributed by atoms with Crippen LogP contribution in [0.25, 0.3) is 5.65 Å². The van der Waals surface area contributed by atoms with E-state index in [9.17, 15) is 9.59 Å². The third-order valence-corrected chi connectivity index (χ3v) is 3.42. The number of amides is 1. The van der Waals surface area contributed by atoms with E-state index < -0.39 is 11.9 Å². The number of carbonyl (C=O) groups is 1. The number of primary amides is 1. The number of aromatic nitrogens is 4. The Bertz CT molecular complexity index is 719. The van der Waals surface area contributed by atoms with E-state index in [1.807, 2.05) is 4.90 Å². The predicted octanol–water partition coefficient (Wildman–Crippen LogP) is -2.01. The van der Waals surface area contributed by atoms with E-state index >= 15 is 0 Å². The number of carbonyl (C=O) groups excluding carboxylic acids is 1. The number of fused-ring (bicyclic) bond motifs is 1. The molecule has 0 radical (unpaired) electrons. The minimum Gasteiger partial charge on any atom is -0.368 e. The monoisotopic (exact) mass is 277 g/mol. The molecule has 1 aliphatic heterocycles. The van der Waals surface area contributed by atoms with Gasteiger partial charge in [0.1, 0.15) is 17.7 Å². The quantitative estimate of drug-likeness (QED) is 0.583. The number of aromatic amines is 1. The van der Waals surface area contributed by atoms with E-state index in [0.717, 1.165) is 6.54 Å². The summed E-state index contributed by atoms with van der Waals surface area (Å²) < 4.78 is 1.38. The van der Waals surface area contributed by atoms with E-state index in [1.165, 1.54) is 4.40 Å². The van der Waals surface area contributed by atoms with Crippen molar-refractivity contribution in [2.75, 3.05) is 24.5 Å². The third-order valence-electron chi connectivity index (χ3n) is 3.42. The number of piperazine rings is 1. The van der Waals surface area contributed by atoms with Gasteiger partial charge in [0.25, 0.3) is 0 Å². The Balaban J connectivity index is 2.08. The van der Waals surface area contributed by atoms with Gasteiger partial charge in [-0.15, -0.1) is 0 Å². The summed E-state index contributed by atoms with van der Waals surface area (Å²) >= 11 is 0. The normalized spacial score (nSPS) is 19.4. The van der Waals surface area contributed by atoms with Gasteiger partial charge < -0.3 is 16.0 Å². The van der Waals surface area contributed by atoms with Crippen LogP contribution in [-0.2, 0) is 4.79 Å². The number of hydrogen-bond acceptors (Lipinski definition) is 6. The number of nitrogens with zero attached hydrogens (tertiary/aromatic N) is 4. The molecule has 2 aromatic heterocycles. The first-order valence-electron chi connectivity index (χ1n) is 6.29. The van der Waals surface area contributed by atoms with Gasteiger partial charge in [0.05, 0.1) is 0 Å². The van der Waals surface area contributed by atoms with Crippen LogP contribution >= 0.6 is 0 Å². The average molecular weight is 277 g/mol. The lowest BCUT2D eigenvalue weighted by atomic mass is 10.2. The third kappa shape index (κ3) is 1.92. The Kier molecular flexibility index (Phi) is 2.90. The van der Waals surface area contributed by atoms with Crippen LogP contribution in [0.1, 0.15) is 5.82 Å². The Hall–Kier alpha value is -2.42. The second kappa shape index (κ2) is 4.60. The van der Waals surface area contributed by atoms with E-state index in [-0.39, 0.29) is 5.69 Å². The van der Waals surface area contributed by atoms with Gasteiger partial charge in [-0.3, -0.25) is 4.79 Å². The maximum atomic E-state index is 11.6. The summed E-state index contributed by atoms with van der Waals surface area (Å²) in [5, 5.41) is 9.43. The Labute approximate surface area is 113 Å². The first-order chi connectivity index (χ1) is 9.58. The molecule has 4 N–H and O–H groups in total. The van der Waals surface area contributed by atoms with Gasteiger partial charge in [-0.05, 0) is 6.92 Å². The number of anilines is 1.